The van der Waals surface area contributed by atoms with Crippen LogP contribution in [0.1, 0.15) is 39.7 Å². The molecule has 0 aliphatic carbocycles. The van der Waals surface area contributed by atoms with Crippen LogP contribution in [0.4, 0.5) is 0 Å². The molecule has 0 saturated heterocycles. The molecule has 0 amide bonds. The van der Waals surface area contributed by atoms with Crippen LogP contribution in [0.5, 0.6) is 0 Å². The summed E-state index contributed by atoms with van der Waals surface area (Å²) in [5.41, 5.74) is 2.94. The Morgan fingerprint density at radius 1 is 0.846 bits per heavy atom. The van der Waals surface area contributed by atoms with Crippen molar-refractivity contribution in [1.29, 1.82) is 0 Å². The third kappa shape index (κ3) is 5.60. The number of aromatic carboxylic acids is 2. The van der Waals surface area contributed by atoms with Crippen LogP contribution in [0, 0.1) is 0 Å². The van der Waals surface area contributed by atoms with Gasteiger partial charge in [-0.15, -0.1) is 11.3 Å². The molecule has 9 nitrogen and oxygen atoms in total. The number of para-hydroxylation sites is 1. The van der Waals surface area contributed by atoms with E-state index in [0.717, 1.165) is 15.3 Å². The second kappa shape index (κ2) is 10.7. The molecule has 1 aromatic carbocycles. The van der Waals surface area contributed by atoms with E-state index in [1.54, 1.807) is 47.9 Å². The second-order valence-corrected chi connectivity index (χ2v) is 9.84. The maximum Gasteiger partial charge on any atom is 0.374 e. The molecule has 0 aliphatic rings. The molecule has 4 heterocycles. The zero-order valence-electron chi connectivity index (χ0n) is 20.9. The van der Waals surface area contributed by atoms with Crippen molar-refractivity contribution in [3.63, 3.8) is 0 Å². The number of fused-ring (bicyclic) bond motifs is 1. The maximum atomic E-state index is 11.9. The summed E-state index contributed by atoms with van der Waals surface area (Å²) in [4.78, 5) is 47.3. The predicted octanol–water partition coefficient (Wildman–Crippen LogP) is 6.25. The summed E-state index contributed by atoms with van der Waals surface area (Å²) in [6.07, 6.45) is 7.66. The topological polar surface area (TPSA) is 139 Å². The van der Waals surface area contributed by atoms with Gasteiger partial charge in [-0.2, -0.15) is 0 Å². The van der Waals surface area contributed by atoms with Crippen molar-refractivity contribution < 1.29 is 19.8 Å². The number of hydrogen-bond acceptors (Lipinski definition) is 8. The number of pyridine rings is 2. The van der Waals surface area contributed by atoms with E-state index in [9.17, 15) is 19.8 Å². The normalized spacial score (nSPS) is 11.1. The minimum Gasteiger partial charge on any atom is -0.478 e. The van der Waals surface area contributed by atoms with Gasteiger partial charge in [-0.3, -0.25) is 4.98 Å². The Balaban J connectivity index is 1.58. The zero-order valence-corrected chi connectivity index (χ0v) is 21.7. The highest BCUT2D eigenvalue weighted by Crippen LogP contribution is 2.31. The molecule has 0 radical (unpaired) electrons. The number of nitrogens with zero attached hydrogens (tertiary/aromatic N) is 5. The summed E-state index contributed by atoms with van der Waals surface area (Å²) < 4.78 is 0. The highest BCUT2D eigenvalue weighted by atomic mass is 32.1. The average Bonchev–Trinajstić information content (AvgIpc) is 3.41. The van der Waals surface area contributed by atoms with Crippen LogP contribution in [0.15, 0.2) is 78.5 Å². The van der Waals surface area contributed by atoms with Gasteiger partial charge in [-0.05, 0) is 61.9 Å². The Kier molecular flexibility index (Phi) is 7.02. The molecule has 10 heteroatoms. The van der Waals surface area contributed by atoms with Gasteiger partial charge in [-0.25, -0.2) is 29.5 Å². The second-order valence-electron chi connectivity index (χ2n) is 8.72. The molecule has 2 N–H and O–H groups in total. The molecule has 39 heavy (non-hydrogen) atoms. The zero-order chi connectivity index (χ0) is 27.5. The summed E-state index contributed by atoms with van der Waals surface area (Å²) in [5.74, 6) is -3.05. The Bertz CT molecular complexity index is 1810. The van der Waals surface area contributed by atoms with Crippen LogP contribution < -0.4 is 0 Å². The van der Waals surface area contributed by atoms with Crippen LogP contribution in [0.25, 0.3) is 50.5 Å². The lowest BCUT2D eigenvalue weighted by Crippen LogP contribution is -2.10. The predicted molar refractivity (Wildman–Crippen MR) is 149 cm³/mol. The summed E-state index contributed by atoms with van der Waals surface area (Å²) in [6.45, 7) is 4.07. The van der Waals surface area contributed by atoms with Gasteiger partial charge in [0.05, 0.1) is 11.1 Å². The number of thiophene rings is 1. The SMILES string of the molecule is CC(C)=C/C=C/c1ccc(-c2ccnc(-c3nc(C(=O)O)nc(-c4cc(C(=O)O)c5ccccc5n4)n3)c2)s1. The Morgan fingerprint density at radius 2 is 1.62 bits per heavy atom. The maximum absolute atomic E-state index is 11.9. The van der Waals surface area contributed by atoms with Crippen LogP contribution in [-0.2, 0) is 0 Å². The highest BCUT2D eigenvalue weighted by Gasteiger charge is 2.19. The van der Waals surface area contributed by atoms with Gasteiger partial charge in [0.25, 0.3) is 0 Å². The van der Waals surface area contributed by atoms with Gasteiger partial charge < -0.3 is 10.2 Å². The number of allylic oxidation sites excluding steroid dienone is 3. The first-order valence-electron chi connectivity index (χ1n) is 11.8. The molecular weight excluding hydrogens is 514 g/mol. The van der Waals surface area contributed by atoms with E-state index in [2.05, 4.69) is 24.9 Å². The first kappa shape index (κ1) is 25.6. The van der Waals surface area contributed by atoms with Crippen molar-refractivity contribution in [2.24, 2.45) is 0 Å². The lowest BCUT2D eigenvalue weighted by Gasteiger charge is -2.08. The summed E-state index contributed by atoms with van der Waals surface area (Å²) in [7, 11) is 0. The van der Waals surface area contributed by atoms with E-state index in [1.165, 1.54) is 11.6 Å². The molecule has 0 fully saturated rings. The number of carboxylic acid groups (broad SMARTS) is 2. The molecule has 0 aliphatic heterocycles. The molecular formula is C29H21N5O4S. The number of aromatic nitrogens is 5. The van der Waals surface area contributed by atoms with Gasteiger partial charge in [0.1, 0.15) is 11.4 Å². The highest BCUT2D eigenvalue weighted by molar-refractivity contribution is 7.16. The van der Waals surface area contributed by atoms with E-state index in [4.69, 9.17) is 0 Å². The van der Waals surface area contributed by atoms with Crippen molar-refractivity contribution in [2.75, 3.05) is 0 Å². The summed E-state index contributed by atoms with van der Waals surface area (Å²) >= 11 is 1.60. The van der Waals surface area contributed by atoms with E-state index >= 15 is 0 Å². The Labute approximate surface area is 226 Å². The molecule has 4 aromatic heterocycles. The third-order valence-corrected chi connectivity index (χ3v) is 6.69. The smallest absolute Gasteiger partial charge is 0.374 e. The van der Waals surface area contributed by atoms with Crippen molar-refractivity contribution >= 4 is 40.3 Å². The van der Waals surface area contributed by atoms with Gasteiger partial charge in [0.2, 0.25) is 5.82 Å². The van der Waals surface area contributed by atoms with E-state index < -0.39 is 17.8 Å². The lowest BCUT2D eigenvalue weighted by atomic mass is 10.1. The number of benzene rings is 1. The van der Waals surface area contributed by atoms with Gasteiger partial charge in [0, 0.05) is 21.3 Å². The molecule has 0 bridgehead atoms. The molecule has 0 saturated carbocycles. The standard InChI is InChI=1S/C29H21N5O4S/c1-16(2)6-5-7-18-10-11-24(39-18)17-12-13-30-22(14-17)25-32-26(34-27(33-25)29(37)38)23-15-20(28(35)36)19-8-3-4-9-21(19)31-23/h3-15H,1-2H3,(H,35,36)(H,37,38)/b7-5+. The van der Waals surface area contributed by atoms with E-state index in [1.807, 2.05) is 50.3 Å². The fourth-order valence-corrected chi connectivity index (χ4v) is 4.72. The molecule has 192 valence electrons. The van der Waals surface area contributed by atoms with Gasteiger partial charge in [-0.1, -0.05) is 35.9 Å². The summed E-state index contributed by atoms with van der Waals surface area (Å²) in [6, 6.07) is 15.7. The van der Waals surface area contributed by atoms with Crippen LogP contribution >= 0.6 is 11.3 Å². The molecule has 5 rings (SSSR count). The first-order chi connectivity index (χ1) is 18.8. The van der Waals surface area contributed by atoms with Crippen molar-refractivity contribution in [3.05, 3.63) is 94.8 Å². The van der Waals surface area contributed by atoms with E-state index in [-0.39, 0.29) is 22.9 Å². The fourth-order valence-electron chi connectivity index (χ4n) is 3.81. The molecule has 5 aromatic rings. The molecule has 0 atom stereocenters. The van der Waals surface area contributed by atoms with Gasteiger partial charge >= 0.3 is 11.9 Å². The largest absolute Gasteiger partial charge is 0.478 e. The lowest BCUT2D eigenvalue weighted by molar-refractivity contribution is 0.0677. The molecule has 0 spiro atoms. The van der Waals surface area contributed by atoms with Crippen molar-refractivity contribution in [2.45, 2.75) is 13.8 Å². The summed E-state index contributed by atoms with van der Waals surface area (Å²) in [5, 5.41) is 19.9. The van der Waals surface area contributed by atoms with Crippen LogP contribution in [0.3, 0.4) is 0 Å². The quantitative estimate of drug-likeness (QED) is 0.231. The number of carboxylic acids is 2. The number of hydrogen-bond donors (Lipinski definition) is 2. The number of carbonyl (C=O) groups is 2. The van der Waals surface area contributed by atoms with Crippen LogP contribution in [0.2, 0.25) is 0 Å². The van der Waals surface area contributed by atoms with Crippen molar-refractivity contribution in [1.82, 2.24) is 24.9 Å². The minimum absolute atomic E-state index is 0.00157. The monoisotopic (exact) mass is 535 g/mol. The molecule has 0 unspecified atom stereocenters. The van der Waals surface area contributed by atoms with E-state index in [0.29, 0.717) is 16.6 Å². The Morgan fingerprint density at radius 3 is 2.36 bits per heavy atom. The Hall–Kier alpha value is -5.09. The van der Waals surface area contributed by atoms with Gasteiger partial charge in [0.15, 0.2) is 11.6 Å². The van der Waals surface area contributed by atoms with Crippen LogP contribution in [-0.4, -0.2) is 47.1 Å². The fraction of sp³-hybridized carbons (Fsp3) is 0.0690. The average molecular weight is 536 g/mol. The first-order valence-corrected chi connectivity index (χ1v) is 12.6. The number of rotatable bonds is 7. The minimum atomic E-state index is -1.36. The third-order valence-electron chi connectivity index (χ3n) is 5.59. The van der Waals surface area contributed by atoms with Crippen molar-refractivity contribution in [3.8, 4) is 33.5 Å².